The lowest BCUT2D eigenvalue weighted by molar-refractivity contribution is 0.581. The van der Waals surface area contributed by atoms with Gasteiger partial charge in [-0.15, -0.1) is 0 Å². The highest BCUT2D eigenvalue weighted by molar-refractivity contribution is 7.89. The molecule has 17 heavy (non-hydrogen) atoms. The van der Waals surface area contributed by atoms with Crippen LogP contribution in [0.5, 0.6) is 0 Å². The molecule has 0 amide bonds. The average Bonchev–Trinajstić information content (AvgIpc) is 2.29. The molecule has 0 spiro atoms. The van der Waals surface area contributed by atoms with Crippen LogP contribution in [0.4, 0.5) is 0 Å². The van der Waals surface area contributed by atoms with Crippen molar-refractivity contribution in [3.8, 4) is 0 Å². The minimum atomic E-state index is -3.08. The summed E-state index contributed by atoms with van der Waals surface area (Å²) in [4.78, 5) is 4.09. The summed E-state index contributed by atoms with van der Waals surface area (Å²) in [6.07, 6.45) is 2.82. The molecule has 0 saturated heterocycles. The first-order valence-corrected chi connectivity index (χ1v) is 7.68. The standard InChI is InChI=1S/C10H24N4O2S/c1-3-5-7-12-10(11)13-8-6-9-14-17(15,16)4-2/h14H,3-9H2,1-2H3,(H3,11,12,13). The molecule has 0 unspecified atom stereocenters. The molecule has 0 fully saturated rings. The molecule has 0 aliphatic rings. The van der Waals surface area contributed by atoms with E-state index in [0.29, 0.717) is 25.5 Å². The van der Waals surface area contributed by atoms with Gasteiger partial charge in [-0.3, -0.25) is 4.99 Å². The van der Waals surface area contributed by atoms with Gasteiger partial charge in [0.25, 0.3) is 0 Å². The molecule has 6 nitrogen and oxygen atoms in total. The Hall–Kier alpha value is -0.820. The molecule has 0 aliphatic heterocycles. The van der Waals surface area contributed by atoms with Crippen molar-refractivity contribution in [3.63, 3.8) is 0 Å². The van der Waals surface area contributed by atoms with Crippen LogP contribution < -0.4 is 15.8 Å². The lowest BCUT2D eigenvalue weighted by atomic mass is 10.3. The maximum atomic E-state index is 11.1. The Kier molecular flexibility index (Phi) is 8.79. The van der Waals surface area contributed by atoms with Gasteiger partial charge in [0.05, 0.1) is 5.75 Å². The predicted octanol–water partition coefficient (Wildman–Crippen LogP) is 0.0202. The minimum absolute atomic E-state index is 0.108. The summed E-state index contributed by atoms with van der Waals surface area (Å²) in [7, 11) is -3.08. The second-order valence-electron chi connectivity index (χ2n) is 3.70. The first-order valence-electron chi connectivity index (χ1n) is 6.03. The molecule has 0 bridgehead atoms. The lowest BCUT2D eigenvalue weighted by Gasteiger charge is -2.05. The molecule has 0 rings (SSSR count). The maximum absolute atomic E-state index is 11.1. The second-order valence-corrected chi connectivity index (χ2v) is 5.79. The number of guanidine groups is 1. The number of hydrogen-bond acceptors (Lipinski definition) is 3. The maximum Gasteiger partial charge on any atom is 0.211 e. The van der Waals surface area contributed by atoms with Gasteiger partial charge < -0.3 is 11.1 Å². The van der Waals surface area contributed by atoms with E-state index in [0.717, 1.165) is 19.4 Å². The van der Waals surface area contributed by atoms with E-state index in [-0.39, 0.29) is 5.75 Å². The third-order valence-electron chi connectivity index (χ3n) is 2.16. The highest BCUT2D eigenvalue weighted by Crippen LogP contribution is 1.86. The van der Waals surface area contributed by atoms with Crippen molar-refractivity contribution >= 4 is 16.0 Å². The largest absolute Gasteiger partial charge is 0.370 e. The Morgan fingerprint density at radius 3 is 2.53 bits per heavy atom. The molecular formula is C10H24N4O2S. The van der Waals surface area contributed by atoms with Crippen LogP contribution >= 0.6 is 0 Å². The molecule has 0 radical (unpaired) electrons. The van der Waals surface area contributed by atoms with Crippen LogP contribution in [0.25, 0.3) is 0 Å². The quantitative estimate of drug-likeness (QED) is 0.311. The van der Waals surface area contributed by atoms with Gasteiger partial charge in [0.2, 0.25) is 10.0 Å². The summed E-state index contributed by atoms with van der Waals surface area (Å²) in [6.45, 7) is 5.47. The molecule has 7 heteroatoms. The van der Waals surface area contributed by atoms with Gasteiger partial charge in [-0.05, 0) is 19.8 Å². The van der Waals surface area contributed by atoms with Crippen molar-refractivity contribution in [3.05, 3.63) is 0 Å². The fourth-order valence-corrected chi connectivity index (χ4v) is 1.72. The zero-order valence-corrected chi connectivity index (χ0v) is 11.5. The molecule has 0 aliphatic carbocycles. The number of nitrogens with zero attached hydrogens (tertiary/aromatic N) is 1. The molecule has 0 heterocycles. The van der Waals surface area contributed by atoms with Crippen molar-refractivity contribution in [2.75, 3.05) is 25.4 Å². The van der Waals surface area contributed by atoms with E-state index in [1.54, 1.807) is 6.92 Å². The topological polar surface area (TPSA) is 96.6 Å². The Morgan fingerprint density at radius 2 is 1.94 bits per heavy atom. The van der Waals surface area contributed by atoms with Gasteiger partial charge in [0.1, 0.15) is 0 Å². The van der Waals surface area contributed by atoms with Crippen LogP contribution in [0.1, 0.15) is 33.1 Å². The Balaban J connectivity index is 3.59. The molecule has 102 valence electrons. The van der Waals surface area contributed by atoms with Gasteiger partial charge in [-0.1, -0.05) is 13.3 Å². The fraction of sp³-hybridized carbons (Fsp3) is 0.900. The van der Waals surface area contributed by atoms with E-state index in [4.69, 9.17) is 5.73 Å². The lowest BCUT2D eigenvalue weighted by Crippen LogP contribution is -2.32. The van der Waals surface area contributed by atoms with Crippen LogP contribution in [0.15, 0.2) is 4.99 Å². The number of unbranched alkanes of at least 4 members (excludes halogenated alkanes) is 1. The molecule has 0 aromatic carbocycles. The molecule has 0 atom stereocenters. The summed E-state index contributed by atoms with van der Waals surface area (Å²) >= 11 is 0. The van der Waals surface area contributed by atoms with Crippen molar-refractivity contribution in [1.29, 1.82) is 0 Å². The van der Waals surface area contributed by atoms with Gasteiger partial charge in [0, 0.05) is 19.6 Å². The van der Waals surface area contributed by atoms with Crippen LogP contribution in [0.2, 0.25) is 0 Å². The van der Waals surface area contributed by atoms with E-state index >= 15 is 0 Å². The van der Waals surface area contributed by atoms with Crippen LogP contribution in [0, 0.1) is 0 Å². The van der Waals surface area contributed by atoms with E-state index in [9.17, 15) is 8.42 Å². The van der Waals surface area contributed by atoms with Gasteiger partial charge in [0.15, 0.2) is 5.96 Å². The fourth-order valence-electron chi connectivity index (χ4n) is 1.06. The van der Waals surface area contributed by atoms with Crippen molar-refractivity contribution in [2.45, 2.75) is 33.1 Å². The number of nitrogens with two attached hydrogens (primary N) is 1. The van der Waals surface area contributed by atoms with Gasteiger partial charge in [-0.25, -0.2) is 13.1 Å². The first kappa shape index (κ1) is 16.2. The molecule has 0 aromatic rings. The summed E-state index contributed by atoms with van der Waals surface area (Å²) in [5.74, 6) is 0.536. The van der Waals surface area contributed by atoms with E-state index in [2.05, 4.69) is 22.0 Å². The Morgan fingerprint density at radius 1 is 1.24 bits per heavy atom. The van der Waals surface area contributed by atoms with Crippen molar-refractivity contribution < 1.29 is 8.42 Å². The van der Waals surface area contributed by atoms with Gasteiger partial charge in [-0.2, -0.15) is 0 Å². The third-order valence-corrected chi connectivity index (χ3v) is 3.56. The SMILES string of the molecule is CCCCNC(N)=NCCCNS(=O)(=O)CC. The number of sulfonamides is 1. The normalized spacial score (nSPS) is 12.7. The zero-order chi connectivity index (χ0) is 13.1. The molecule has 4 N–H and O–H groups in total. The summed E-state index contributed by atoms with van der Waals surface area (Å²) < 4.78 is 24.6. The first-order chi connectivity index (χ1) is 8.02. The number of aliphatic imine (C=N–C) groups is 1. The highest BCUT2D eigenvalue weighted by Gasteiger charge is 2.03. The van der Waals surface area contributed by atoms with E-state index < -0.39 is 10.0 Å². The number of nitrogens with one attached hydrogen (secondary N) is 2. The second kappa shape index (κ2) is 9.23. The van der Waals surface area contributed by atoms with Crippen LogP contribution in [-0.4, -0.2) is 39.8 Å². The van der Waals surface area contributed by atoms with Crippen molar-refractivity contribution in [2.24, 2.45) is 10.7 Å². The average molecular weight is 264 g/mol. The van der Waals surface area contributed by atoms with Crippen molar-refractivity contribution in [1.82, 2.24) is 10.0 Å². The molecule has 0 saturated carbocycles. The summed E-state index contributed by atoms with van der Waals surface area (Å²) in [5.41, 5.74) is 5.61. The number of hydrogen-bond donors (Lipinski definition) is 3. The molecule has 0 aromatic heterocycles. The minimum Gasteiger partial charge on any atom is -0.370 e. The Labute approximate surface area is 104 Å². The van der Waals surface area contributed by atoms with E-state index in [1.807, 2.05) is 0 Å². The van der Waals surface area contributed by atoms with Gasteiger partial charge >= 0.3 is 0 Å². The zero-order valence-electron chi connectivity index (χ0n) is 10.7. The van der Waals surface area contributed by atoms with E-state index in [1.165, 1.54) is 0 Å². The number of rotatable bonds is 9. The molecular weight excluding hydrogens is 240 g/mol. The highest BCUT2D eigenvalue weighted by atomic mass is 32.2. The van der Waals surface area contributed by atoms with Crippen LogP contribution in [0.3, 0.4) is 0 Å². The van der Waals surface area contributed by atoms with Crippen LogP contribution in [-0.2, 0) is 10.0 Å². The third kappa shape index (κ3) is 10.1. The summed E-state index contributed by atoms with van der Waals surface area (Å²) in [5, 5.41) is 2.99. The monoisotopic (exact) mass is 264 g/mol. The predicted molar refractivity (Wildman–Crippen MR) is 71.5 cm³/mol. The Bertz CT molecular complexity index is 314. The smallest absolute Gasteiger partial charge is 0.211 e. The summed E-state index contributed by atoms with van der Waals surface area (Å²) in [6, 6.07) is 0.